The summed E-state index contributed by atoms with van der Waals surface area (Å²) < 4.78 is 188. The maximum atomic E-state index is 12.9. The number of nitrogens with two attached hydrogens (primary N) is 1. The number of benzene rings is 8. The smallest absolute Gasteiger partial charge is 0.416 e. The lowest BCUT2D eigenvalue weighted by atomic mass is 10.1. The molecule has 6 amide bonds. The van der Waals surface area contributed by atoms with E-state index in [0.29, 0.717) is 109 Å². The third-order valence-corrected chi connectivity index (χ3v) is 20.8. The number of halogens is 12. The van der Waals surface area contributed by atoms with Gasteiger partial charge in [0.25, 0.3) is 23.6 Å². The van der Waals surface area contributed by atoms with Gasteiger partial charge in [-0.15, -0.1) is 0 Å². The fraction of sp³-hybridized carbons (Fsp3) is 0.267. The van der Waals surface area contributed by atoms with Crippen molar-refractivity contribution in [3.63, 3.8) is 0 Å². The number of hydrogen-bond donors (Lipinski definition) is 8. The number of amidine groups is 1. The van der Waals surface area contributed by atoms with Gasteiger partial charge in [0, 0.05) is 111 Å². The van der Waals surface area contributed by atoms with Gasteiger partial charge in [0.1, 0.15) is 69.0 Å². The minimum absolute atomic E-state index is 0.0318. The number of amides is 6. The standard InChI is InChI=1S/C27H28F3N3O4.C25H24F3N5O2.C22H20F3N3O2.C22H16F3N3O2.C9H16N2O2S/c1-26(2,3)37-25(35)33-17-21-16-23(11-13-31-21)36-22-9-4-6-18(14-22)10-12-32-24(34)19-7-5-8-20(15-19)27(28,29)30;26-25(27,28)19-5-2-4-18(14-19)23(34)30-9-7-17-3-1-6-21(13-17)35-22-8-10-29-20(15-22)16-33-24-31-11-12-32-24;2*23-22(24,25)17-5-2-4-16(12-17)21(29)28-9-7-15-3-1-6-19(11-15)30-20-8-10-27-18(13-20)14-26;1-9(2,3)13-8(12)11-6-5-10-7(11)14-4/h4-9,11,13-16H,10,12,17H2,1-3H3,(H,32,34)(H,33,35);1-6,8,10,13-15H,7,9,11-12,16H2,(H,30,34)(H2,31,32,33);1-6,8,10-13H,7,9,14,26H2,(H,28,29);1-6,8,10-13H,7,9H2,(H,28,29);5-6H2,1-4H3. The summed E-state index contributed by atoms with van der Waals surface area (Å²) in [5, 5.41) is 29.2. The van der Waals surface area contributed by atoms with Crippen LogP contribution in [0.1, 0.15) is 150 Å². The third kappa shape index (κ3) is 38.6. The molecule has 0 fully saturated rings. The van der Waals surface area contributed by atoms with Crippen LogP contribution in [0.5, 0.6) is 46.0 Å². The van der Waals surface area contributed by atoms with Gasteiger partial charge >= 0.3 is 36.9 Å². The third-order valence-electron chi connectivity index (χ3n) is 20.1. The van der Waals surface area contributed by atoms with Gasteiger partial charge in [-0.2, -0.15) is 57.9 Å². The van der Waals surface area contributed by atoms with E-state index in [9.17, 15) is 81.5 Å². The number of aromatic nitrogens is 4. The predicted octanol–water partition coefficient (Wildman–Crippen LogP) is 20.8. The molecule has 2 aliphatic rings. The van der Waals surface area contributed by atoms with Gasteiger partial charge in [-0.3, -0.25) is 49.0 Å². The minimum Gasteiger partial charge on any atom is -0.457 e. The largest absolute Gasteiger partial charge is 0.457 e. The number of nitriles is 1. The summed E-state index contributed by atoms with van der Waals surface area (Å²) >= 11 is 1.47. The van der Waals surface area contributed by atoms with Crippen molar-refractivity contribution in [1.82, 2.24) is 62.1 Å². The molecule has 0 atom stereocenters. The van der Waals surface area contributed by atoms with Gasteiger partial charge < -0.3 is 71.4 Å². The summed E-state index contributed by atoms with van der Waals surface area (Å²) in [5.74, 6) is 3.06. The molecule has 28 nitrogen and oxygen atoms in total. The van der Waals surface area contributed by atoms with Crippen LogP contribution in [-0.2, 0) is 79.5 Å². The number of aliphatic imine (C=N–C) groups is 2. The van der Waals surface area contributed by atoms with Crippen molar-refractivity contribution in [1.29, 1.82) is 5.26 Å². The van der Waals surface area contributed by atoms with Crippen LogP contribution in [0, 0.1) is 11.3 Å². The van der Waals surface area contributed by atoms with Crippen molar-refractivity contribution in [3.8, 4) is 52.1 Å². The van der Waals surface area contributed by atoms with E-state index in [4.69, 9.17) is 39.4 Å². The molecule has 14 rings (SSSR count). The summed E-state index contributed by atoms with van der Waals surface area (Å²) in [4.78, 5) is 98.9. The van der Waals surface area contributed by atoms with Crippen LogP contribution in [-0.4, -0.2) is 142 Å². The first-order chi connectivity index (χ1) is 69.4. The number of rotatable bonds is 29. The molecule has 4 aromatic heterocycles. The Morgan fingerprint density at radius 2 is 0.726 bits per heavy atom. The van der Waals surface area contributed by atoms with E-state index in [1.54, 1.807) is 123 Å². The van der Waals surface area contributed by atoms with Gasteiger partial charge in [-0.25, -0.2) is 14.6 Å². The average molecular weight is 2040 g/mol. The Balaban J connectivity index is 0.000000191. The van der Waals surface area contributed by atoms with Crippen LogP contribution in [0.4, 0.5) is 62.3 Å². The first-order valence-electron chi connectivity index (χ1n) is 45.3. The van der Waals surface area contributed by atoms with Crippen LogP contribution >= 0.6 is 11.8 Å². The zero-order chi connectivity index (χ0) is 106. The maximum absolute atomic E-state index is 12.9. The molecule has 146 heavy (non-hydrogen) atoms. The molecule has 9 N–H and O–H groups in total. The van der Waals surface area contributed by atoms with Crippen LogP contribution in [0.2, 0.25) is 0 Å². The highest BCUT2D eigenvalue weighted by molar-refractivity contribution is 8.13. The molecule has 12 aromatic rings. The zero-order valence-corrected chi connectivity index (χ0v) is 80.8. The Morgan fingerprint density at radius 3 is 1.05 bits per heavy atom. The topological polar surface area (TPSA) is 371 Å². The van der Waals surface area contributed by atoms with Gasteiger partial charge in [-0.05, 0) is 241 Å². The lowest BCUT2D eigenvalue weighted by Gasteiger charge is -2.24. The number of carbonyl (C=O) groups excluding carboxylic acids is 6. The fourth-order valence-electron chi connectivity index (χ4n) is 13.3. The second kappa shape index (κ2) is 53.3. The first kappa shape index (κ1) is 112. The lowest BCUT2D eigenvalue weighted by molar-refractivity contribution is -0.138. The summed E-state index contributed by atoms with van der Waals surface area (Å²) in [5.41, 5.74) is 6.80. The van der Waals surface area contributed by atoms with Crippen LogP contribution in [0.3, 0.4) is 0 Å². The molecule has 2 aliphatic heterocycles. The second-order valence-corrected chi connectivity index (χ2v) is 34.6. The van der Waals surface area contributed by atoms with Gasteiger partial charge in [0.05, 0.1) is 72.1 Å². The highest BCUT2D eigenvalue weighted by Gasteiger charge is 2.35. The maximum Gasteiger partial charge on any atom is 0.416 e. The number of nitrogens with zero attached hydrogens (tertiary/aromatic N) is 8. The van der Waals surface area contributed by atoms with Crippen molar-refractivity contribution in [2.24, 2.45) is 15.7 Å². The molecule has 766 valence electrons. The Kier molecular flexibility index (Phi) is 40.8. The predicted molar refractivity (Wildman–Crippen MR) is 525 cm³/mol. The summed E-state index contributed by atoms with van der Waals surface area (Å²) in [7, 11) is 0. The second-order valence-electron chi connectivity index (χ2n) is 33.8. The molecule has 0 saturated carbocycles. The fourth-order valence-corrected chi connectivity index (χ4v) is 13.9. The Bertz CT molecular complexity index is 6550. The number of alkyl carbamates (subject to hydrolysis) is 1. The number of nitrogens with one attached hydrogen (secondary N) is 7. The number of guanidine groups is 1. The van der Waals surface area contributed by atoms with Crippen LogP contribution in [0.15, 0.2) is 277 Å². The molecule has 0 unspecified atom stereocenters. The number of pyridine rings is 4. The SMILES string of the molecule is CC(C)(C)OC(=O)NCc1cc(Oc2cccc(CCNC(=O)c3cccc(C(F)(F)F)c3)c2)ccn1.CSC1=NCCN1C(=O)OC(C)(C)C.N#Cc1cc(Oc2cccc(CCNC(=O)c3cccc(C(F)(F)F)c3)c2)ccn1.NCc1cc(Oc2cccc(CCNC(=O)c3cccc(C(F)(F)F)c3)c2)ccn1.O=C(NCCc1cccc(Oc2ccnc(CNC3=NCCN3)c2)c1)c1cccc(C(F)(F)F)c1. The van der Waals surface area contributed by atoms with Gasteiger partial charge in [0.2, 0.25) is 0 Å². The molecule has 8 aromatic carbocycles. The van der Waals surface area contributed by atoms with E-state index in [0.717, 1.165) is 101 Å². The molecule has 41 heteroatoms. The molecule has 0 spiro atoms. The van der Waals surface area contributed by atoms with Crippen molar-refractivity contribution in [3.05, 3.63) is 357 Å². The average Bonchev–Trinajstić information content (AvgIpc) is 1.14. The number of alkyl halides is 12. The Labute approximate surface area is 837 Å². The number of carbonyl (C=O) groups is 6. The van der Waals surface area contributed by atoms with Gasteiger partial charge in [-0.1, -0.05) is 84.6 Å². The van der Waals surface area contributed by atoms with Crippen molar-refractivity contribution < 1.29 is 110 Å². The van der Waals surface area contributed by atoms with E-state index >= 15 is 0 Å². The van der Waals surface area contributed by atoms with Crippen LogP contribution in [0.25, 0.3) is 0 Å². The van der Waals surface area contributed by atoms with Crippen LogP contribution < -0.4 is 61.9 Å². The van der Waals surface area contributed by atoms with E-state index in [1.165, 1.54) is 72.6 Å². The lowest BCUT2D eigenvalue weighted by Crippen LogP contribution is -2.37. The summed E-state index contributed by atoms with van der Waals surface area (Å²) in [6, 6.07) is 61.9. The van der Waals surface area contributed by atoms with Crippen molar-refractivity contribution in [2.45, 2.75) is 123 Å². The summed E-state index contributed by atoms with van der Waals surface area (Å²) in [6.45, 7) is 15.8. The van der Waals surface area contributed by atoms with E-state index in [1.807, 2.05) is 93.8 Å². The zero-order valence-electron chi connectivity index (χ0n) is 80.0. The van der Waals surface area contributed by atoms with Crippen molar-refractivity contribution in [2.75, 3.05) is 58.6 Å². The van der Waals surface area contributed by atoms with E-state index in [-0.39, 0.29) is 66.8 Å². The highest BCUT2D eigenvalue weighted by Crippen LogP contribution is 2.36. The molecule has 0 saturated heterocycles. The normalized spacial score (nSPS) is 12.2. The van der Waals surface area contributed by atoms with E-state index < -0.39 is 87.9 Å². The van der Waals surface area contributed by atoms with Crippen molar-refractivity contribution >= 4 is 58.7 Å². The highest BCUT2D eigenvalue weighted by atomic mass is 32.2. The molecular weight excluding hydrogens is 1940 g/mol. The molecular formula is C105H104F12N16O12S. The molecule has 0 aliphatic carbocycles. The monoisotopic (exact) mass is 2040 g/mol. The Morgan fingerprint density at radius 1 is 0.397 bits per heavy atom. The Hall–Kier alpha value is -16.1. The number of hydrogen-bond acceptors (Lipinski definition) is 23. The number of ether oxygens (including phenoxy) is 6. The molecule has 0 bridgehead atoms. The first-order valence-corrected chi connectivity index (χ1v) is 46.5. The number of thioether (sulfide) groups is 1. The van der Waals surface area contributed by atoms with Gasteiger partial charge in [0.15, 0.2) is 11.1 Å². The van der Waals surface area contributed by atoms with E-state index in [2.05, 4.69) is 67.1 Å². The quantitative estimate of drug-likeness (QED) is 0.0202. The molecule has 6 heterocycles. The summed E-state index contributed by atoms with van der Waals surface area (Å²) in [6.07, 6.45) is -8.73. The molecule has 0 radical (unpaired) electrons. The minimum atomic E-state index is -4.51.